The van der Waals surface area contributed by atoms with Crippen LogP contribution in [-0.2, 0) is 19.2 Å². The van der Waals surface area contributed by atoms with Gasteiger partial charge >= 0.3 is 18.1 Å². The Morgan fingerprint density at radius 2 is 1.73 bits per heavy atom. The number of nitrogens with one attached hydrogen (secondary N) is 3. The van der Waals surface area contributed by atoms with E-state index < -0.39 is 36.6 Å². The first-order valence-corrected chi connectivity index (χ1v) is 7.69. The Labute approximate surface area is 147 Å². The molecule has 1 fully saturated rings. The van der Waals surface area contributed by atoms with Gasteiger partial charge in [0.2, 0.25) is 11.8 Å². The van der Waals surface area contributed by atoms with Crippen LogP contribution in [0.25, 0.3) is 0 Å². The van der Waals surface area contributed by atoms with Crippen LogP contribution >= 0.6 is 0 Å². The lowest BCUT2D eigenvalue weighted by atomic mass is 10.0. The van der Waals surface area contributed by atoms with E-state index >= 15 is 0 Å². The Morgan fingerprint density at radius 3 is 2.08 bits per heavy atom. The van der Waals surface area contributed by atoms with Crippen LogP contribution in [0.1, 0.15) is 26.7 Å². The molecule has 0 aromatic carbocycles. The van der Waals surface area contributed by atoms with Crippen molar-refractivity contribution in [3.8, 4) is 0 Å². The molecule has 0 aliphatic carbocycles. The molecular weight excluding hydrogens is 363 g/mol. The van der Waals surface area contributed by atoms with Gasteiger partial charge < -0.3 is 26.2 Å². The van der Waals surface area contributed by atoms with Crippen molar-refractivity contribution in [2.45, 2.75) is 44.9 Å². The number of hydrogen-bond acceptors (Lipinski definition) is 5. The van der Waals surface area contributed by atoms with Gasteiger partial charge in [-0.2, -0.15) is 13.2 Å². The maximum absolute atomic E-state index is 11.9. The molecule has 1 aliphatic rings. The van der Waals surface area contributed by atoms with Gasteiger partial charge in [-0.05, 0) is 25.3 Å². The average Bonchev–Trinajstić information content (AvgIpc) is 3.03. The molecule has 1 saturated heterocycles. The van der Waals surface area contributed by atoms with E-state index in [4.69, 9.17) is 15.0 Å². The van der Waals surface area contributed by atoms with Crippen molar-refractivity contribution in [1.29, 1.82) is 0 Å². The summed E-state index contributed by atoms with van der Waals surface area (Å²) < 4.78 is 31.7. The first kappa shape index (κ1) is 23.6. The van der Waals surface area contributed by atoms with Gasteiger partial charge in [0.1, 0.15) is 12.6 Å². The molecule has 1 rings (SSSR count). The average molecular weight is 385 g/mol. The first-order chi connectivity index (χ1) is 11.9. The van der Waals surface area contributed by atoms with E-state index in [0.29, 0.717) is 0 Å². The summed E-state index contributed by atoms with van der Waals surface area (Å²) >= 11 is 0. The Hall–Kier alpha value is -2.37. The van der Waals surface area contributed by atoms with Crippen LogP contribution in [0, 0.1) is 5.92 Å². The molecular formula is C14H22F3N3O6. The summed E-state index contributed by atoms with van der Waals surface area (Å²) in [5, 5.41) is 23.7. The van der Waals surface area contributed by atoms with Crippen LogP contribution < -0.4 is 16.0 Å². The Bertz CT molecular complexity index is 519. The van der Waals surface area contributed by atoms with Gasteiger partial charge in [0.25, 0.3) is 0 Å². The highest BCUT2D eigenvalue weighted by Crippen LogP contribution is 2.13. The number of carboxylic acids is 2. The SMILES string of the molecule is CC(C)[C@H](NC(=O)[C@@H]1CCCN1)C(=O)NCC(=O)O.O=C(O)C(F)(F)F. The molecule has 0 aromatic rings. The summed E-state index contributed by atoms with van der Waals surface area (Å²) in [6.07, 6.45) is -3.39. The fraction of sp³-hybridized carbons (Fsp3) is 0.714. The summed E-state index contributed by atoms with van der Waals surface area (Å²) in [5.74, 6) is -4.66. The van der Waals surface area contributed by atoms with Crippen molar-refractivity contribution in [1.82, 2.24) is 16.0 Å². The molecule has 0 unspecified atom stereocenters. The summed E-state index contributed by atoms with van der Waals surface area (Å²) in [6.45, 7) is 3.95. The molecule has 2 atom stereocenters. The lowest BCUT2D eigenvalue weighted by Gasteiger charge is -2.23. The molecule has 2 amide bonds. The van der Waals surface area contributed by atoms with Gasteiger partial charge in [-0.25, -0.2) is 4.79 Å². The summed E-state index contributed by atoms with van der Waals surface area (Å²) in [6, 6.07) is -0.970. The van der Waals surface area contributed by atoms with Crippen LogP contribution in [-0.4, -0.2) is 65.3 Å². The van der Waals surface area contributed by atoms with E-state index in [1.807, 2.05) is 0 Å². The number of rotatable bonds is 6. The van der Waals surface area contributed by atoms with E-state index in [1.165, 1.54) is 0 Å². The molecule has 1 aliphatic heterocycles. The van der Waals surface area contributed by atoms with Gasteiger partial charge in [0, 0.05) is 0 Å². The second kappa shape index (κ2) is 10.6. The number of carbonyl (C=O) groups excluding carboxylic acids is 2. The standard InChI is InChI=1S/C12H21N3O4.C2HF3O2/c1-7(2)10(12(19)14-6-9(16)17)15-11(18)8-4-3-5-13-8;3-2(4,5)1(6)7/h7-8,10,13H,3-6H2,1-2H3,(H,14,19)(H,15,18)(H,16,17);(H,6,7)/t8-,10-;/m0./s1. The van der Waals surface area contributed by atoms with Gasteiger partial charge in [0.05, 0.1) is 6.04 Å². The number of aliphatic carboxylic acids is 2. The zero-order chi connectivity index (χ0) is 20.5. The molecule has 0 saturated carbocycles. The minimum atomic E-state index is -5.08. The fourth-order valence-electron chi connectivity index (χ4n) is 1.97. The van der Waals surface area contributed by atoms with Gasteiger partial charge in [-0.15, -0.1) is 0 Å². The maximum atomic E-state index is 11.9. The predicted octanol–water partition coefficient (Wildman–Crippen LogP) is -0.287. The summed E-state index contributed by atoms with van der Waals surface area (Å²) in [4.78, 5) is 43.1. The highest BCUT2D eigenvalue weighted by Gasteiger charge is 2.38. The van der Waals surface area contributed by atoms with Gasteiger partial charge in [-0.3, -0.25) is 14.4 Å². The molecule has 150 valence electrons. The second-order valence-corrected chi connectivity index (χ2v) is 5.79. The zero-order valence-corrected chi connectivity index (χ0v) is 14.2. The van der Waals surface area contributed by atoms with Crippen LogP contribution in [0.3, 0.4) is 0 Å². The minimum Gasteiger partial charge on any atom is -0.480 e. The molecule has 0 bridgehead atoms. The lowest BCUT2D eigenvalue weighted by Crippen LogP contribution is -2.54. The smallest absolute Gasteiger partial charge is 0.480 e. The normalized spacial score (nSPS) is 17.7. The number of halogens is 3. The third-order valence-corrected chi connectivity index (χ3v) is 3.28. The van der Waals surface area contributed by atoms with Gasteiger partial charge in [-0.1, -0.05) is 13.8 Å². The number of amides is 2. The third kappa shape index (κ3) is 9.20. The topological polar surface area (TPSA) is 145 Å². The predicted molar refractivity (Wildman–Crippen MR) is 82.1 cm³/mol. The van der Waals surface area contributed by atoms with Crippen molar-refractivity contribution in [3.05, 3.63) is 0 Å². The minimum absolute atomic E-state index is 0.112. The van der Waals surface area contributed by atoms with E-state index in [2.05, 4.69) is 16.0 Å². The van der Waals surface area contributed by atoms with E-state index in [-0.39, 0.29) is 17.9 Å². The fourth-order valence-corrected chi connectivity index (χ4v) is 1.97. The Balaban J connectivity index is 0.000000758. The monoisotopic (exact) mass is 385 g/mol. The Kier molecular flexibility index (Phi) is 9.62. The maximum Gasteiger partial charge on any atom is 0.490 e. The molecule has 1 heterocycles. The summed E-state index contributed by atoms with van der Waals surface area (Å²) in [5.41, 5.74) is 0. The molecule has 12 heteroatoms. The highest BCUT2D eigenvalue weighted by atomic mass is 19.4. The molecule has 9 nitrogen and oxygen atoms in total. The number of hydrogen-bond donors (Lipinski definition) is 5. The number of carboxylic acid groups (broad SMARTS) is 2. The third-order valence-electron chi connectivity index (χ3n) is 3.28. The quantitative estimate of drug-likeness (QED) is 0.423. The number of alkyl halides is 3. The van der Waals surface area contributed by atoms with E-state index in [9.17, 15) is 27.6 Å². The van der Waals surface area contributed by atoms with Crippen molar-refractivity contribution >= 4 is 23.8 Å². The summed E-state index contributed by atoms with van der Waals surface area (Å²) in [7, 11) is 0. The van der Waals surface area contributed by atoms with Crippen LogP contribution in [0.15, 0.2) is 0 Å². The second-order valence-electron chi connectivity index (χ2n) is 5.79. The van der Waals surface area contributed by atoms with Crippen LogP contribution in [0.4, 0.5) is 13.2 Å². The molecule has 26 heavy (non-hydrogen) atoms. The van der Waals surface area contributed by atoms with Crippen molar-refractivity contribution in [3.63, 3.8) is 0 Å². The highest BCUT2D eigenvalue weighted by molar-refractivity contribution is 5.91. The molecule has 0 aromatic heterocycles. The number of carbonyl (C=O) groups is 4. The van der Waals surface area contributed by atoms with E-state index in [0.717, 1.165) is 19.4 Å². The van der Waals surface area contributed by atoms with E-state index in [1.54, 1.807) is 13.8 Å². The zero-order valence-electron chi connectivity index (χ0n) is 14.2. The van der Waals surface area contributed by atoms with Crippen molar-refractivity contribution in [2.75, 3.05) is 13.1 Å². The first-order valence-electron chi connectivity index (χ1n) is 7.69. The molecule has 0 radical (unpaired) electrons. The lowest BCUT2D eigenvalue weighted by molar-refractivity contribution is -0.192. The van der Waals surface area contributed by atoms with Gasteiger partial charge in [0.15, 0.2) is 0 Å². The Morgan fingerprint density at radius 1 is 1.19 bits per heavy atom. The molecule has 5 N–H and O–H groups in total. The largest absolute Gasteiger partial charge is 0.490 e. The van der Waals surface area contributed by atoms with Crippen LogP contribution in [0.5, 0.6) is 0 Å². The van der Waals surface area contributed by atoms with Crippen molar-refractivity contribution < 1.29 is 42.6 Å². The van der Waals surface area contributed by atoms with Crippen molar-refractivity contribution in [2.24, 2.45) is 5.92 Å². The molecule has 0 spiro atoms. The van der Waals surface area contributed by atoms with Crippen LogP contribution in [0.2, 0.25) is 0 Å².